The molecule has 0 saturated carbocycles. The Morgan fingerprint density at radius 2 is 1.76 bits per heavy atom. The van der Waals surface area contributed by atoms with Gasteiger partial charge < -0.3 is 0 Å². The lowest BCUT2D eigenvalue weighted by Gasteiger charge is -2.33. The van der Waals surface area contributed by atoms with Crippen molar-refractivity contribution in [2.75, 3.05) is 10.8 Å². The van der Waals surface area contributed by atoms with E-state index in [-0.39, 0.29) is 0 Å². The monoisotopic (exact) mass is 365 g/mol. The van der Waals surface area contributed by atoms with Gasteiger partial charge in [0, 0.05) is 11.0 Å². The summed E-state index contributed by atoms with van der Waals surface area (Å²) in [5, 5.41) is 0. The number of hydrogen-bond acceptors (Lipinski definition) is 2. The molecule has 0 aliphatic carbocycles. The Morgan fingerprint density at radius 3 is 2.48 bits per heavy atom. The molecule has 0 saturated heterocycles. The highest BCUT2D eigenvalue weighted by Crippen LogP contribution is 2.33. The predicted octanol–water partition coefficient (Wildman–Crippen LogP) is 3.84. The Balaban J connectivity index is 2.09. The Kier molecular flexibility index (Phi) is 3.80. The number of sulfonamides is 1. The van der Waals surface area contributed by atoms with Gasteiger partial charge in [-0.05, 0) is 48.2 Å². The van der Waals surface area contributed by atoms with Crippen molar-refractivity contribution >= 4 is 31.6 Å². The standard InChI is InChI=1S/C16H16BrNO2S/c1-12-10-13-4-2-3-5-16(13)18(11-12)21(19,20)15-8-6-14(17)7-9-15/h2-9,12H,10-11H2,1H3. The SMILES string of the molecule is CC1Cc2ccccc2N(S(=O)(=O)c2ccc(Br)cc2)C1. The second-order valence-electron chi connectivity index (χ2n) is 5.43. The van der Waals surface area contributed by atoms with E-state index in [0.29, 0.717) is 17.4 Å². The van der Waals surface area contributed by atoms with Gasteiger partial charge in [0.05, 0.1) is 10.6 Å². The largest absolute Gasteiger partial charge is 0.266 e. The van der Waals surface area contributed by atoms with Crippen molar-refractivity contribution < 1.29 is 8.42 Å². The highest BCUT2D eigenvalue weighted by molar-refractivity contribution is 9.10. The van der Waals surface area contributed by atoms with E-state index >= 15 is 0 Å². The fourth-order valence-corrected chi connectivity index (χ4v) is 4.60. The maximum atomic E-state index is 12.9. The molecular formula is C16H16BrNO2S. The molecule has 0 spiro atoms. The number of anilines is 1. The van der Waals surface area contributed by atoms with Gasteiger partial charge in [-0.3, -0.25) is 4.31 Å². The molecule has 2 aromatic carbocycles. The molecule has 1 aliphatic heterocycles. The molecule has 0 fully saturated rings. The molecule has 0 bridgehead atoms. The van der Waals surface area contributed by atoms with E-state index in [1.165, 1.54) is 0 Å². The summed E-state index contributed by atoms with van der Waals surface area (Å²) in [5.41, 5.74) is 1.90. The van der Waals surface area contributed by atoms with Crippen LogP contribution in [0, 0.1) is 5.92 Å². The van der Waals surface area contributed by atoms with Gasteiger partial charge in [0.1, 0.15) is 0 Å². The van der Waals surface area contributed by atoms with Gasteiger partial charge in [0.25, 0.3) is 10.0 Å². The topological polar surface area (TPSA) is 37.4 Å². The Bertz CT molecular complexity index is 756. The number of fused-ring (bicyclic) bond motifs is 1. The number of benzene rings is 2. The zero-order valence-corrected chi connectivity index (χ0v) is 14.1. The first-order valence-electron chi connectivity index (χ1n) is 6.84. The minimum absolute atomic E-state index is 0.310. The van der Waals surface area contributed by atoms with Crippen LogP contribution in [0.4, 0.5) is 5.69 Å². The molecule has 1 aliphatic rings. The van der Waals surface area contributed by atoms with Crippen LogP contribution in [0.3, 0.4) is 0 Å². The van der Waals surface area contributed by atoms with Crippen LogP contribution in [0.5, 0.6) is 0 Å². The van der Waals surface area contributed by atoms with Crippen LogP contribution >= 0.6 is 15.9 Å². The first kappa shape index (κ1) is 14.6. The van der Waals surface area contributed by atoms with E-state index in [9.17, 15) is 8.42 Å². The molecule has 1 unspecified atom stereocenters. The second kappa shape index (κ2) is 5.46. The smallest absolute Gasteiger partial charge is 0.264 e. The lowest BCUT2D eigenvalue weighted by Crippen LogP contribution is -2.39. The number of nitrogens with zero attached hydrogens (tertiary/aromatic N) is 1. The first-order valence-corrected chi connectivity index (χ1v) is 9.08. The summed E-state index contributed by atoms with van der Waals surface area (Å²) < 4.78 is 28.2. The molecule has 0 N–H and O–H groups in total. The fraction of sp³-hybridized carbons (Fsp3) is 0.250. The van der Waals surface area contributed by atoms with Crippen molar-refractivity contribution in [1.82, 2.24) is 0 Å². The van der Waals surface area contributed by atoms with Crippen molar-refractivity contribution in [3.8, 4) is 0 Å². The van der Waals surface area contributed by atoms with Crippen molar-refractivity contribution in [2.24, 2.45) is 5.92 Å². The van der Waals surface area contributed by atoms with Gasteiger partial charge in [-0.1, -0.05) is 41.1 Å². The zero-order chi connectivity index (χ0) is 15.0. The van der Waals surface area contributed by atoms with Crippen LogP contribution in [-0.2, 0) is 16.4 Å². The summed E-state index contributed by atoms with van der Waals surface area (Å²) in [5.74, 6) is 0.310. The number of rotatable bonds is 2. The van der Waals surface area contributed by atoms with Gasteiger partial charge in [-0.2, -0.15) is 0 Å². The van der Waals surface area contributed by atoms with Gasteiger partial charge in [-0.15, -0.1) is 0 Å². The van der Waals surface area contributed by atoms with Crippen molar-refractivity contribution in [3.05, 3.63) is 58.6 Å². The third-order valence-corrected chi connectivity index (χ3v) is 6.03. The molecular weight excluding hydrogens is 350 g/mol. The van der Waals surface area contributed by atoms with E-state index in [4.69, 9.17) is 0 Å². The summed E-state index contributed by atoms with van der Waals surface area (Å²) in [4.78, 5) is 0.328. The van der Waals surface area contributed by atoms with Gasteiger partial charge in [0.2, 0.25) is 0 Å². The van der Waals surface area contributed by atoms with Crippen LogP contribution in [0.2, 0.25) is 0 Å². The average molecular weight is 366 g/mol. The van der Waals surface area contributed by atoms with E-state index < -0.39 is 10.0 Å². The molecule has 2 aromatic rings. The van der Waals surface area contributed by atoms with Crippen LogP contribution in [-0.4, -0.2) is 15.0 Å². The second-order valence-corrected chi connectivity index (χ2v) is 8.21. The third kappa shape index (κ3) is 2.72. The van der Waals surface area contributed by atoms with Crippen molar-refractivity contribution in [2.45, 2.75) is 18.2 Å². The third-order valence-electron chi connectivity index (χ3n) is 3.71. The summed E-state index contributed by atoms with van der Waals surface area (Å²) in [7, 11) is -3.51. The van der Waals surface area contributed by atoms with Crippen molar-refractivity contribution in [1.29, 1.82) is 0 Å². The van der Waals surface area contributed by atoms with Crippen LogP contribution < -0.4 is 4.31 Å². The first-order chi connectivity index (χ1) is 9.98. The van der Waals surface area contributed by atoms with E-state index in [2.05, 4.69) is 22.9 Å². The van der Waals surface area contributed by atoms with E-state index in [1.807, 2.05) is 24.3 Å². The van der Waals surface area contributed by atoms with Crippen LogP contribution in [0.1, 0.15) is 12.5 Å². The highest BCUT2D eigenvalue weighted by Gasteiger charge is 2.31. The summed E-state index contributed by atoms with van der Waals surface area (Å²) in [6.45, 7) is 2.61. The fourth-order valence-electron chi connectivity index (χ4n) is 2.71. The minimum atomic E-state index is -3.51. The lowest BCUT2D eigenvalue weighted by atomic mass is 9.96. The average Bonchev–Trinajstić information content (AvgIpc) is 2.46. The summed E-state index contributed by atoms with van der Waals surface area (Å²) in [6, 6.07) is 14.5. The summed E-state index contributed by atoms with van der Waals surface area (Å²) in [6.07, 6.45) is 0.919. The molecule has 5 heteroatoms. The molecule has 21 heavy (non-hydrogen) atoms. The normalized spacial score (nSPS) is 18.4. The predicted molar refractivity (Wildman–Crippen MR) is 88.0 cm³/mol. The quantitative estimate of drug-likeness (QED) is 0.810. The number of hydrogen-bond donors (Lipinski definition) is 0. The Morgan fingerprint density at radius 1 is 1.10 bits per heavy atom. The molecule has 1 heterocycles. The summed E-state index contributed by atoms with van der Waals surface area (Å²) >= 11 is 3.34. The molecule has 3 nitrogen and oxygen atoms in total. The Hall–Kier alpha value is -1.33. The van der Waals surface area contributed by atoms with E-state index in [1.54, 1.807) is 28.6 Å². The number of para-hydroxylation sites is 1. The molecule has 0 aromatic heterocycles. The van der Waals surface area contributed by atoms with Gasteiger partial charge in [0.15, 0.2) is 0 Å². The maximum absolute atomic E-state index is 12.9. The highest BCUT2D eigenvalue weighted by atomic mass is 79.9. The minimum Gasteiger partial charge on any atom is -0.266 e. The zero-order valence-electron chi connectivity index (χ0n) is 11.7. The number of halogens is 1. The molecule has 3 rings (SSSR count). The molecule has 110 valence electrons. The van der Waals surface area contributed by atoms with E-state index in [0.717, 1.165) is 22.1 Å². The van der Waals surface area contributed by atoms with Gasteiger partial charge >= 0.3 is 0 Å². The molecule has 1 atom stereocenters. The van der Waals surface area contributed by atoms with Crippen LogP contribution in [0.15, 0.2) is 57.9 Å². The van der Waals surface area contributed by atoms with Gasteiger partial charge in [-0.25, -0.2) is 8.42 Å². The Labute approximate surface area is 133 Å². The molecule has 0 amide bonds. The molecule has 0 radical (unpaired) electrons. The van der Waals surface area contributed by atoms with Crippen molar-refractivity contribution in [3.63, 3.8) is 0 Å². The maximum Gasteiger partial charge on any atom is 0.264 e. The lowest BCUT2D eigenvalue weighted by molar-refractivity contribution is 0.544. The van der Waals surface area contributed by atoms with Crippen LogP contribution in [0.25, 0.3) is 0 Å².